The summed E-state index contributed by atoms with van der Waals surface area (Å²) < 4.78 is 0. The van der Waals surface area contributed by atoms with Gasteiger partial charge in [-0.15, -0.1) is 0 Å². The largest absolute Gasteiger partial charge is 0.387 e. The zero-order valence-electron chi connectivity index (χ0n) is 10.1. The second-order valence-corrected chi connectivity index (χ2v) is 4.60. The van der Waals surface area contributed by atoms with E-state index in [0.29, 0.717) is 12.5 Å². The van der Waals surface area contributed by atoms with Crippen LogP contribution in [0.15, 0.2) is 18.3 Å². The van der Waals surface area contributed by atoms with Crippen molar-refractivity contribution >= 4 is 5.91 Å². The summed E-state index contributed by atoms with van der Waals surface area (Å²) in [7, 11) is 0. The van der Waals surface area contributed by atoms with Crippen molar-refractivity contribution in [3.63, 3.8) is 0 Å². The lowest BCUT2D eigenvalue weighted by molar-refractivity contribution is -0.135. The van der Waals surface area contributed by atoms with Crippen molar-refractivity contribution < 1.29 is 9.90 Å². The molecular formula is C13H18N2O2. The van der Waals surface area contributed by atoms with Gasteiger partial charge in [0.2, 0.25) is 5.91 Å². The van der Waals surface area contributed by atoms with Gasteiger partial charge < -0.3 is 10.0 Å². The van der Waals surface area contributed by atoms with Crippen molar-refractivity contribution in [3.05, 3.63) is 29.6 Å². The molecular weight excluding hydrogens is 216 g/mol. The van der Waals surface area contributed by atoms with Crippen LogP contribution in [0.3, 0.4) is 0 Å². The maximum atomic E-state index is 11.5. The van der Waals surface area contributed by atoms with E-state index in [1.54, 1.807) is 4.90 Å². The lowest BCUT2D eigenvalue weighted by Crippen LogP contribution is -2.40. The molecule has 17 heavy (non-hydrogen) atoms. The number of hydrogen-bond donors (Lipinski definition) is 1. The zero-order valence-corrected chi connectivity index (χ0v) is 10.1. The highest BCUT2D eigenvalue weighted by molar-refractivity contribution is 5.77. The molecule has 1 aromatic rings. The highest BCUT2D eigenvalue weighted by Gasteiger charge is 2.24. The molecule has 1 saturated heterocycles. The Bertz CT molecular complexity index is 389. The van der Waals surface area contributed by atoms with E-state index in [1.807, 2.05) is 19.2 Å². The fraction of sp³-hybridized carbons (Fsp3) is 0.538. The van der Waals surface area contributed by atoms with E-state index in [1.165, 1.54) is 0 Å². The van der Waals surface area contributed by atoms with Gasteiger partial charge in [-0.2, -0.15) is 0 Å². The standard InChI is InChI=1S/C13H18N2O2/c1-10-4-5-12(14-7-10)11-3-2-6-15(8-11)13(17)9-16/h4-5,7,11,16H,2-3,6,8-9H2,1H3/t11-/m1/s1. The summed E-state index contributed by atoms with van der Waals surface area (Å²) in [6.45, 7) is 3.05. The number of aryl methyl sites for hydroxylation is 1. The molecule has 1 fully saturated rings. The molecule has 4 nitrogen and oxygen atoms in total. The number of aliphatic hydroxyl groups excluding tert-OH is 1. The Kier molecular flexibility index (Phi) is 3.74. The van der Waals surface area contributed by atoms with Gasteiger partial charge in [-0.25, -0.2) is 0 Å². The zero-order chi connectivity index (χ0) is 12.3. The molecule has 0 radical (unpaired) electrons. The van der Waals surface area contributed by atoms with Crippen molar-refractivity contribution in [1.82, 2.24) is 9.88 Å². The molecule has 0 bridgehead atoms. The molecule has 1 aromatic heterocycles. The Morgan fingerprint density at radius 1 is 1.59 bits per heavy atom. The highest BCUT2D eigenvalue weighted by Crippen LogP contribution is 2.25. The van der Waals surface area contributed by atoms with Crippen molar-refractivity contribution in [2.75, 3.05) is 19.7 Å². The molecule has 1 aliphatic heterocycles. The summed E-state index contributed by atoms with van der Waals surface area (Å²) in [6, 6.07) is 4.09. The molecule has 92 valence electrons. The summed E-state index contributed by atoms with van der Waals surface area (Å²) in [5, 5.41) is 8.87. The van der Waals surface area contributed by atoms with Crippen LogP contribution in [0, 0.1) is 6.92 Å². The summed E-state index contributed by atoms with van der Waals surface area (Å²) in [5.74, 6) is 0.127. The topological polar surface area (TPSA) is 53.4 Å². The van der Waals surface area contributed by atoms with Crippen LogP contribution in [0.4, 0.5) is 0 Å². The van der Waals surface area contributed by atoms with Crippen LogP contribution in [0.25, 0.3) is 0 Å². The number of aromatic nitrogens is 1. The third kappa shape index (κ3) is 2.82. The van der Waals surface area contributed by atoms with Gasteiger partial charge in [-0.3, -0.25) is 9.78 Å². The molecule has 0 saturated carbocycles. The number of carbonyl (C=O) groups excluding carboxylic acids is 1. The fourth-order valence-electron chi connectivity index (χ4n) is 2.27. The number of pyridine rings is 1. The SMILES string of the molecule is Cc1ccc([C@@H]2CCCN(C(=O)CO)C2)nc1. The first-order valence-electron chi connectivity index (χ1n) is 6.02. The predicted molar refractivity (Wildman–Crippen MR) is 64.6 cm³/mol. The highest BCUT2D eigenvalue weighted by atomic mass is 16.3. The van der Waals surface area contributed by atoms with Crippen LogP contribution in [-0.4, -0.2) is 40.6 Å². The minimum absolute atomic E-state index is 0.179. The number of aliphatic hydroxyl groups is 1. The van der Waals surface area contributed by atoms with Gasteiger partial charge in [-0.1, -0.05) is 6.07 Å². The van der Waals surface area contributed by atoms with Crippen molar-refractivity contribution in [2.24, 2.45) is 0 Å². The lowest BCUT2D eigenvalue weighted by Gasteiger charge is -2.32. The third-order valence-electron chi connectivity index (χ3n) is 3.26. The van der Waals surface area contributed by atoms with E-state index < -0.39 is 6.61 Å². The van der Waals surface area contributed by atoms with Gasteiger partial charge in [0.1, 0.15) is 6.61 Å². The van der Waals surface area contributed by atoms with Crippen molar-refractivity contribution in [2.45, 2.75) is 25.7 Å². The summed E-state index contributed by atoms with van der Waals surface area (Å²) in [4.78, 5) is 17.6. The van der Waals surface area contributed by atoms with Gasteiger partial charge >= 0.3 is 0 Å². The Hall–Kier alpha value is -1.42. The molecule has 0 aromatic carbocycles. The van der Waals surface area contributed by atoms with E-state index in [0.717, 1.165) is 30.6 Å². The van der Waals surface area contributed by atoms with E-state index in [2.05, 4.69) is 11.1 Å². The first-order valence-corrected chi connectivity index (χ1v) is 6.02. The molecule has 2 rings (SSSR count). The normalized spacial score (nSPS) is 20.4. The molecule has 1 N–H and O–H groups in total. The van der Waals surface area contributed by atoms with Crippen LogP contribution in [-0.2, 0) is 4.79 Å². The number of likely N-dealkylation sites (tertiary alicyclic amines) is 1. The Morgan fingerprint density at radius 3 is 3.06 bits per heavy atom. The lowest BCUT2D eigenvalue weighted by atomic mass is 9.94. The second kappa shape index (κ2) is 5.27. The van der Waals surface area contributed by atoms with Crippen LogP contribution >= 0.6 is 0 Å². The van der Waals surface area contributed by atoms with Gasteiger partial charge in [0.15, 0.2) is 0 Å². The minimum atomic E-state index is -0.395. The number of amides is 1. The van der Waals surface area contributed by atoms with E-state index in [-0.39, 0.29) is 5.91 Å². The van der Waals surface area contributed by atoms with Crippen molar-refractivity contribution in [3.8, 4) is 0 Å². The number of carbonyl (C=O) groups is 1. The van der Waals surface area contributed by atoms with Crippen LogP contribution in [0.2, 0.25) is 0 Å². The quantitative estimate of drug-likeness (QED) is 0.833. The summed E-state index contributed by atoms with van der Waals surface area (Å²) in [6.07, 6.45) is 3.90. The van der Waals surface area contributed by atoms with Gasteiger partial charge in [0.25, 0.3) is 0 Å². The van der Waals surface area contributed by atoms with Gasteiger partial charge in [0.05, 0.1) is 0 Å². The van der Waals surface area contributed by atoms with E-state index in [4.69, 9.17) is 5.11 Å². The molecule has 1 aliphatic rings. The third-order valence-corrected chi connectivity index (χ3v) is 3.26. The Labute approximate surface area is 101 Å². The van der Waals surface area contributed by atoms with E-state index in [9.17, 15) is 4.79 Å². The first-order chi connectivity index (χ1) is 8.20. The number of nitrogens with zero attached hydrogens (tertiary/aromatic N) is 2. The molecule has 1 amide bonds. The fourth-order valence-corrected chi connectivity index (χ4v) is 2.27. The molecule has 0 aliphatic carbocycles. The monoisotopic (exact) mass is 234 g/mol. The van der Waals surface area contributed by atoms with Crippen LogP contribution in [0.1, 0.15) is 30.0 Å². The molecule has 4 heteroatoms. The average molecular weight is 234 g/mol. The van der Waals surface area contributed by atoms with Gasteiger partial charge in [0, 0.05) is 30.9 Å². The number of piperidine rings is 1. The number of rotatable bonds is 2. The van der Waals surface area contributed by atoms with Gasteiger partial charge in [-0.05, 0) is 31.4 Å². The number of hydrogen-bond acceptors (Lipinski definition) is 3. The summed E-state index contributed by atoms with van der Waals surface area (Å²) in [5.41, 5.74) is 2.19. The molecule has 2 heterocycles. The van der Waals surface area contributed by atoms with E-state index >= 15 is 0 Å². The Morgan fingerprint density at radius 2 is 2.41 bits per heavy atom. The second-order valence-electron chi connectivity index (χ2n) is 4.60. The van der Waals surface area contributed by atoms with Crippen molar-refractivity contribution in [1.29, 1.82) is 0 Å². The molecule has 1 atom stereocenters. The maximum absolute atomic E-state index is 11.5. The predicted octanol–water partition coefficient (Wildman–Crippen LogP) is 1.09. The first kappa shape index (κ1) is 12.0. The van der Waals surface area contributed by atoms with Crippen LogP contribution < -0.4 is 0 Å². The summed E-state index contributed by atoms with van der Waals surface area (Å²) >= 11 is 0. The average Bonchev–Trinajstić information content (AvgIpc) is 2.39. The minimum Gasteiger partial charge on any atom is -0.387 e. The smallest absolute Gasteiger partial charge is 0.248 e. The molecule has 0 spiro atoms. The maximum Gasteiger partial charge on any atom is 0.248 e. The van der Waals surface area contributed by atoms with Crippen LogP contribution in [0.5, 0.6) is 0 Å². The Balaban J connectivity index is 2.06. The molecule has 0 unspecified atom stereocenters.